The Balaban J connectivity index is 2.32. The molecule has 0 fully saturated rings. The predicted molar refractivity (Wildman–Crippen MR) is 70.7 cm³/mol. The zero-order valence-electron chi connectivity index (χ0n) is 9.58. The highest BCUT2D eigenvalue weighted by Gasteiger charge is 2.21. The average molecular weight is 299 g/mol. The Bertz CT molecular complexity index is 658. The summed E-state index contributed by atoms with van der Waals surface area (Å²) in [5.41, 5.74) is -0.437. The Labute approximate surface area is 116 Å². The van der Waals surface area contributed by atoms with Crippen LogP contribution in [-0.2, 0) is 0 Å². The molecule has 0 saturated carbocycles. The number of amides is 1. The SMILES string of the molecule is Cc1nsc(NC(=O)c2cc(Cl)ccc2[N+](=O)[O-])n1. The first kappa shape index (κ1) is 13.4. The fourth-order valence-corrected chi connectivity index (χ4v) is 2.10. The Morgan fingerprint density at radius 1 is 1.53 bits per heavy atom. The molecule has 1 aromatic carbocycles. The van der Waals surface area contributed by atoms with Crippen LogP contribution in [0.3, 0.4) is 0 Å². The molecule has 19 heavy (non-hydrogen) atoms. The summed E-state index contributed by atoms with van der Waals surface area (Å²) in [5, 5.41) is 13.8. The number of nitro benzene ring substituents is 1. The number of aryl methyl sites for hydroxylation is 1. The number of carbonyl (C=O) groups excluding carboxylic acids is 1. The van der Waals surface area contributed by atoms with E-state index in [4.69, 9.17) is 11.6 Å². The van der Waals surface area contributed by atoms with Crippen molar-refractivity contribution in [3.63, 3.8) is 0 Å². The number of carbonyl (C=O) groups is 1. The molecule has 1 N–H and O–H groups in total. The molecule has 0 spiro atoms. The number of nitrogens with one attached hydrogen (secondary N) is 1. The molecule has 7 nitrogen and oxygen atoms in total. The summed E-state index contributed by atoms with van der Waals surface area (Å²) >= 11 is 6.74. The maximum atomic E-state index is 12.0. The highest BCUT2D eigenvalue weighted by molar-refractivity contribution is 7.09. The first-order valence-electron chi connectivity index (χ1n) is 5.03. The monoisotopic (exact) mass is 298 g/mol. The maximum absolute atomic E-state index is 12.0. The highest BCUT2D eigenvalue weighted by Crippen LogP contribution is 2.24. The van der Waals surface area contributed by atoms with E-state index in [-0.39, 0.29) is 21.4 Å². The van der Waals surface area contributed by atoms with Crippen LogP contribution in [0, 0.1) is 17.0 Å². The van der Waals surface area contributed by atoms with Crippen LogP contribution in [0.4, 0.5) is 10.8 Å². The van der Waals surface area contributed by atoms with E-state index in [0.29, 0.717) is 5.82 Å². The third kappa shape index (κ3) is 3.04. The maximum Gasteiger partial charge on any atom is 0.282 e. The third-order valence-corrected chi connectivity index (χ3v) is 3.10. The molecule has 1 amide bonds. The van der Waals surface area contributed by atoms with Crippen molar-refractivity contribution in [3.05, 3.63) is 44.7 Å². The van der Waals surface area contributed by atoms with Crippen molar-refractivity contribution in [1.82, 2.24) is 9.36 Å². The lowest BCUT2D eigenvalue weighted by Crippen LogP contribution is -2.13. The molecular weight excluding hydrogens is 292 g/mol. The molecule has 0 radical (unpaired) electrons. The summed E-state index contributed by atoms with van der Waals surface area (Å²) in [6.07, 6.45) is 0. The normalized spacial score (nSPS) is 10.2. The van der Waals surface area contributed by atoms with Crippen molar-refractivity contribution in [3.8, 4) is 0 Å². The number of nitrogens with zero attached hydrogens (tertiary/aromatic N) is 3. The second kappa shape index (κ2) is 5.29. The molecule has 0 bridgehead atoms. The average Bonchev–Trinajstić information content (AvgIpc) is 2.74. The van der Waals surface area contributed by atoms with Gasteiger partial charge in [0.25, 0.3) is 11.6 Å². The fraction of sp³-hybridized carbons (Fsp3) is 0.100. The van der Waals surface area contributed by atoms with Gasteiger partial charge in [-0.3, -0.25) is 20.2 Å². The van der Waals surface area contributed by atoms with Crippen molar-refractivity contribution in [2.24, 2.45) is 0 Å². The minimum atomic E-state index is -0.648. The second-order valence-electron chi connectivity index (χ2n) is 3.52. The van der Waals surface area contributed by atoms with Gasteiger partial charge in [-0.2, -0.15) is 4.37 Å². The third-order valence-electron chi connectivity index (χ3n) is 2.15. The van der Waals surface area contributed by atoms with E-state index in [1.54, 1.807) is 6.92 Å². The molecule has 2 aromatic rings. The summed E-state index contributed by atoms with van der Waals surface area (Å²) in [6, 6.07) is 3.77. The first-order chi connectivity index (χ1) is 8.97. The van der Waals surface area contributed by atoms with Crippen molar-refractivity contribution in [2.45, 2.75) is 6.92 Å². The van der Waals surface area contributed by atoms with Crippen LogP contribution in [0.5, 0.6) is 0 Å². The quantitative estimate of drug-likeness (QED) is 0.694. The lowest BCUT2D eigenvalue weighted by atomic mass is 10.1. The van der Waals surface area contributed by atoms with Gasteiger partial charge in [0, 0.05) is 22.6 Å². The van der Waals surface area contributed by atoms with E-state index in [1.165, 1.54) is 18.2 Å². The van der Waals surface area contributed by atoms with Crippen molar-refractivity contribution in [1.29, 1.82) is 0 Å². The van der Waals surface area contributed by atoms with Crippen LogP contribution in [0.25, 0.3) is 0 Å². The Morgan fingerprint density at radius 2 is 2.26 bits per heavy atom. The molecule has 0 aliphatic carbocycles. The number of rotatable bonds is 3. The van der Waals surface area contributed by atoms with Gasteiger partial charge in [0.15, 0.2) is 0 Å². The van der Waals surface area contributed by atoms with Crippen LogP contribution in [0.2, 0.25) is 5.02 Å². The van der Waals surface area contributed by atoms with Gasteiger partial charge in [-0.15, -0.1) is 0 Å². The van der Waals surface area contributed by atoms with Gasteiger partial charge in [0.1, 0.15) is 11.4 Å². The summed E-state index contributed by atoms with van der Waals surface area (Å²) in [5.74, 6) is -0.133. The smallest absolute Gasteiger partial charge is 0.282 e. The zero-order chi connectivity index (χ0) is 14.0. The number of hydrogen-bond donors (Lipinski definition) is 1. The van der Waals surface area contributed by atoms with Crippen molar-refractivity contribution < 1.29 is 9.72 Å². The molecule has 2 rings (SSSR count). The number of hydrogen-bond acceptors (Lipinski definition) is 6. The van der Waals surface area contributed by atoms with E-state index in [0.717, 1.165) is 11.5 Å². The van der Waals surface area contributed by atoms with Crippen LogP contribution in [-0.4, -0.2) is 20.2 Å². The molecule has 1 heterocycles. The van der Waals surface area contributed by atoms with Crippen molar-refractivity contribution >= 4 is 39.9 Å². The minimum absolute atomic E-state index is 0.120. The van der Waals surface area contributed by atoms with E-state index < -0.39 is 10.8 Å². The summed E-state index contributed by atoms with van der Waals surface area (Å²) < 4.78 is 3.89. The Morgan fingerprint density at radius 3 is 2.84 bits per heavy atom. The molecular formula is C10H7ClN4O3S. The Kier molecular flexibility index (Phi) is 3.72. The predicted octanol–water partition coefficient (Wildman–Crippen LogP) is 2.66. The second-order valence-corrected chi connectivity index (χ2v) is 4.71. The lowest BCUT2D eigenvalue weighted by molar-refractivity contribution is -0.385. The van der Waals surface area contributed by atoms with Crippen molar-refractivity contribution in [2.75, 3.05) is 5.32 Å². The van der Waals surface area contributed by atoms with E-state index in [9.17, 15) is 14.9 Å². The molecule has 98 valence electrons. The largest absolute Gasteiger partial charge is 0.296 e. The van der Waals surface area contributed by atoms with Crippen LogP contribution in [0.1, 0.15) is 16.2 Å². The van der Waals surface area contributed by atoms with Crippen LogP contribution in [0.15, 0.2) is 18.2 Å². The van der Waals surface area contributed by atoms with Gasteiger partial charge in [-0.1, -0.05) is 11.6 Å². The summed E-state index contributed by atoms with van der Waals surface area (Å²) in [6.45, 7) is 1.67. The topological polar surface area (TPSA) is 98.0 Å². The number of anilines is 1. The van der Waals surface area contributed by atoms with Gasteiger partial charge >= 0.3 is 0 Å². The number of aromatic nitrogens is 2. The fourth-order valence-electron chi connectivity index (χ4n) is 1.36. The molecule has 0 unspecified atom stereocenters. The van der Waals surface area contributed by atoms with Gasteiger partial charge in [-0.25, -0.2) is 4.98 Å². The standard InChI is InChI=1S/C10H7ClN4O3S/c1-5-12-10(19-14-5)13-9(16)7-4-6(11)2-3-8(7)15(17)18/h2-4H,1H3,(H,12,13,14,16). The van der Waals surface area contributed by atoms with E-state index >= 15 is 0 Å². The molecule has 1 aromatic heterocycles. The zero-order valence-corrected chi connectivity index (χ0v) is 11.2. The molecule has 0 aliphatic heterocycles. The summed E-state index contributed by atoms with van der Waals surface area (Å²) in [7, 11) is 0. The number of benzene rings is 1. The molecule has 9 heteroatoms. The number of halogens is 1. The molecule has 0 aliphatic rings. The van der Waals surface area contributed by atoms with Gasteiger partial charge in [0.2, 0.25) is 5.13 Å². The lowest BCUT2D eigenvalue weighted by Gasteiger charge is -2.03. The van der Waals surface area contributed by atoms with Crippen LogP contribution >= 0.6 is 23.1 Å². The Hall–Kier alpha value is -2.06. The highest BCUT2D eigenvalue weighted by atomic mass is 35.5. The summed E-state index contributed by atoms with van der Waals surface area (Å²) in [4.78, 5) is 26.1. The molecule has 0 atom stereocenters. The minimum Gasteiger partial charge on any atom is -0.296 e. The van der Waals surface area contributed by atoms with E-state index in [2.05, 4.69) is 14.7 Å². The van der Waals surface area contributed by atoms with E-state index in [1.807, 2.05) is 0 Å². The van der Waals surface area contributed by atoms with Crippen LogP contribution < -0.4 is 5.32 Å². The molecule has 0 saturated heterocycles. The number of nitro groups is 1. The van der Waals surface area contributed by atoms with Gasteiger partial charge < -0.3 is 0 Å². The van der Waals surface area contributed by atoms with Gasteiger partial charge in [-0.05, 0) is 19.1 Å². The van der Waals surface area contributed by atoms with Gasteiger partial charge in [0.05, 0.1) is 4.92 Å². The first-order valence-corrected chi connectivity index (χ1v) is 6.18.